The van der Waals surface area contributed by atoms with Crippen LogP contribution in [0, 0.1) is 0 Å². The molecule has 20 heavy (non-hydrogen) atoms. The van der Waals surface area contributed by atoms with Gasteiger partial charge in [0, 0.05) is 34.8 Å². The van der Waals surface area contributed by atoms with Crippen LogP contribution < -0.4 is 5.73 Å². The first-order valence-electron chi connectivity index (χ1n) is 6.34. The van der Waals surface area contributed by atoms with Crippen LogP contribution in [0.5, 0.6) is 0 Å². The molecule has 1 aromatic heterocycles. The highest BCUT2D eigenvalue weighted by molar-refractivity contribution is 9.10. The van der Waals surface area contributed by atoms with Gasteiger partial charge in [0.2, 0.25) is 0 Å². The number of rotatable bonds is 5. The fourth-order valence-electron chi connectivity index (χ4n) is 2.04. The first-order chi connectivity index (χ1) is 9.60. The topological polar surface area (TPSA) is 55.6 Å². The van der Waals surface area contributed by atoms with Gasteiger partial charge in [0.1, 0.15) is 4.88 Å². The average molecular weight is 357 g/mol. The van der Waals surface area contributed by atoms with E-state index in [0.717, 1.165) is 14.6 Å². The number of nitrogens with zero attached hydrogens (tertiary/aromatic N) is 1. The zero-order valence-electron chi connectivity index (χ0n) is 11.5. The largest absolute Gasteiger partial charge is 0.397 e. The maximum atomic E-state index is 12.6. The lowest BCUT2D eigenvalue weighted by Crippen LogP contribution is -2.33. The Morgan fingerprint density at radius 1 is 1.50 bits per heavy atom. The van der Waals surface area contributed by atoms with Crippen molar-refractivity contribution in [1.29, 1.82) is 0 Å². The van der Waals surface area contributed by atoms with Crippen LogP contribution in [0.1, 0.15) is 16.6 Å². The molecule has 0 fully saturated rings. The molecule has 0 unspecified atom stereocenters. The second kappa shape index (κ2) is 6.56. The van der Waals surface area contributed by atoms with Crippen LogP contribution in [0.2, 0.25) is 0 Å². The van der Waals surface area contributed by atoms with E-state index in [-0.39, 0.29) is 5.91 Å². The quantitative estimate of drug-likeness (QED) is 0.893. The molecule has 0 saturated carbocycles. The summed E-state index contributed by atoms with van der Waals surface area (Å²) in [4.78, 5) is 14.9. The van der Waals surface area contributed by atoms with Crippen LogP contribution in [0.4, 0.5) is 5.69 Å². The molecule has 1 amide bonds. The number of carbonyl (C=O) groups is 1. The van der Waals surface area contributed by atoms with Crippen molar-refractivity contribution in [2.24, 2.45) is 0 Å². The molecule has 2 N–H and O–H groups in total. The Morgan fingerprint density at radius 3 is 2.85 bits per heavy atom. The van der Waals surface area contributed by atoms with Crippen molar-refractivity contribution in [1.82, 2.24) is 4.90 Å². The van der Waals surface area contributed by atoms with Gasteiger partial charge in [-0.1, -0.05) is 22.0 Å². The molecule has 0 aliphatic rings. The summed E-state index contributed by atoms with van der Waals surface area (Å²) in [5, 5.41) is 0.920. The number of ether oxygens (including phenoxy) is 1. The standard InChI is InChI=1S/C14H17BrN2O2S/c1-3-17(7-8-19-2)14(18)13-12(16)11-9(15)5-4-6-10(11)20-13/h4-6H,3,7-8,16H2,1-2H3. The van der Waals surface area contributed by atoms with Gasteiger partial charge in [-0.2, -0.15) is 0 Å². The summed E-state index contributed by atoms with van der Waals surface area (Å²) in [6.45, 7) is 3.68. The predicted octanol–water partition coefficient (Wildman–Crippen LogP) is 3.35. The number of amides is 1. The number of hydrogen-bond donors (Lipinski definition) is 1. The minimum absolute atomic E-state index is 0.0323. The number of nitrogens with two attached hydrogens (primary N) is 1. The number of benzene rings is 1. The van der Waals surface area contributed by atoms with Crippen LogP contribution in [0.25, 0.3) is 10.1 Å². The number of methoxy groups -OCH3 is 1. The summed E-state index contributed by atoms with van der Waals surface area (Å²) in [7, 11) is 1.63. The lowest BCUT2D eigenvalue weighted by atomic mass is 10.2. The number of likely N-dealkylation sites (N-methyl/N-ethyl adjacent to an activating group) is 1. The summed E-state index contributed by atoms with van der Waals surface area (Å²) < 4.78 is 6.98. The first-order valence-corrected chi connectivity index (χ1v) is 7.95. The number of nitrogen functional groups attached to an aromatic ring is 1. The number of carbonyl (C=O) groups excluding carboxylic acids is 1. The van der Waals surface area contributed by atoms with E-state index in [1.54, 1.807) is 12.0 Å². The molecule has 108 valence electrons. The number of hydrogen-bond acceptors (Lipinski definition) is 4. The summed E-state index contributed by atoms with van der Waals surface area (Å²) in [5.41, 5.74) is 6.72. The normalized spacial score (nSPS) is 10.9. The smallest absolute Gasteiger partial charge is 0.266 e. The third-order valence-corrected chi connectivity index (χ3v) is 4.95. The predicted molar refractivity (Wildman–Crippen MR) is 87.4 cm³/mol. The fourth-order valence-corrected chi connectivity index (χ4v) is 3.86. The Kier molecular flexibility index (Phi) is 5.01. The molecule has 2 rings (SSSR count). The number of thiophene rings is 1. The molecule has 4 nitrogen and oxygen atoms in total. The lowest BCUT2D eigenvalue weighted by Gasteiger charge is -2.19. The van der Waals surface area contributed by atoms with E-state index in [9.17, 15) is 4.79 Å². The van der Waals surface area contributed by atoms with E-state index < -0.39 is 0 Å². The van der Waals surface area contributed by atoms with E-state index in [1.165, 1.54) is 11.3 Å². The third-order valence-electron chi connectivity index (χ3n) is 3.13. The maximum absolute atomic E-state index is 12.6. The van der Waals surface area contributed by atoms with E-state index in [2.05, 4.69) is 15.9 Å². The Hall–Kier alpha value is -1.11. The molecule has 1 aromatic carbocycles. The lowest BCUT2D eigenvalue weighted by molar-refractivity contribution is 0.0712. The van der Waals surface area contributed by atoms with Crippen LogP contribution in [-0.4, -0.2) is 37.6 Å². The summed E-state index contributed by atoms with van der Waals surface area (Å²) in [6.07, 6.45) is 0. The SMILES string of the molecule is CCN(CCOC)C(=O)c1sc2cccc(Br)c2c1N. The highest BCUT2D eigenvalue weighted by Crippen LogP contribution is 2.38. The highest BCUT2D eigenvalue weighted by atomic mass is 79.9. The molecule has 0 bridgehead atoms. The molecule has 0 aliphatic carbocycles. The molecule has 0 aliphatic heterocycles. The average Bonchev–Trinajstić information content (AvgIpc) is 2.78. The molecule has 0 atom stereocenters. The van der Waals surface area contributed by atoms with Gasteiger partial charge in [-0.15, -0.1) is 11.3 Å². The molecule has 0 spiro atoms. The van der Waals surface area contributed by atoms with Crippen LogP contribution in [0.15, 0.2) is 22.7 Å². The highest BCUT2D eigenvalue weighted by Gasteiger charge is 2.21. The maximum Gasteiger partial charge on any atom is 0.266 e. The van der Waals surface area contributed by atoms with Gasteiger partial charge in [0.25, 0.3) is 5.91 Å². The second-order valence-corrected chi connectivity index (χ2v) is 6.24. The molecular formula is C14H17BrN2O2S. The monoisotopic (exact) mass is 356 g/mol. The van der Waals surface area contributed by atoms with Gasteiger partial charge < -0.3 is 15.4 Å². The number of fused-ring (bicyclic) bond motifs is 1. The molecule has 0 saturated heterocycles. The minimum atomic E-state index is -0.0323. The van der Waals surface area contributed by atoms with Crippen molar-refractivity contribution in [3.05, 3.63) is 27.5 Å². The Morgan fingerprint density at radius 2 is 2.25 bits per heavy atom. The van der Waals surface area contributed by atoms with Gasteiger partial charge in [-0.25, -0.2) is 0 Å². The minimum Gasteiger partial charge on any atom is -0.397 e. The van der Waals surface area contributed by atoms with Crippen molar-refractivity contribution in [3.8, 4) is 0 Å². The van der Waals surface area contributed by atoms with Crippen molar-refractivity contribution < 1.29 is 9.53 Å². The van der Waals surface area contributed by atoms with E-state index in [4.69, 9.17) is 10.5 Å². The summed E-state index contributed by atoms with van der Waals surface area (Å²) >= 11 is 4.92. The molecular weight excluding hydrogens is 340 g/mol. The fraction of sp³-hybridized carbons (Fsp3) is 0.357. The second-order valence-electron chi connectivity index (χ2n) is 4.34. The van der Waals surface area contributed by atoms with Crippen LogP contribution in [-0.2, 0) is 4.74 Å². The summed E-state index contributed by atoms with van der Waals surface area (Å²) in [5.74, 6) is -0.0323. The first kappa shape index (κ1) is 15.3. The van der Waals surface area contributed by atoms with Gasteiger partial charge >= 0.3 is 0 Å². The molecule has 1 heterocycles. The van der Waals surface area contributed by atoms with Gasteiger partial charge in [0.05, 0.1) is 12.3 Å². The van der Waals surface area contributed by atoms with E-state index >= 15 is 0 Å². The Balaban J connectivity index is 2.39. The summed E-state index contributed by atoms with van der Waals surface area (Å²) in [6, 6.07) is 5.85. The van der Waals surface area contributed by atoms with Crippen molar-refractivity contribution in [3.63, 3.8) is 0 Å². The Bertz CT molecular complexity index is 627. The molecule has 2 aromatic rings. The molecule has 6 heteroatoms. The van der Waals surface area contributed by atoms with E-state index in [0.29, 0.717) is 30.3 Å². The zero-order valence-corrected chi connectivity index (χ0v) is 13.9. The number of halogens is 1. The van der Waals surface area contributed by atoms with Crippen molar-refractivity contribution in [2.75, 3.05) is 32.5 Å². The van der Waals surface area contributed by atoms with Gasteiger partial charge in [-0.05, 0) is 19.1 Å². The molecule has 0 radical (unpaired) electrons. The van der Waals surface area contributed by atoms with Crippen LogP contribution in [0.3, 0.4) is 0 Å². The zero-order chi connectivity index (χ0) is 14.7. The van der Waals surface area contributed by atoms with Crippen molar-refractivity contribution in [2.45, 2.75) is 6.92 Å². The van der Waals surface area contributed by atoms with Gasteiger partial charge in [-0.3, -0.25) is 4.79 Å². The van der Waals surface area contributed by atoms with Gasteiger partial charge in [0.15, 0.2) is 0 Å². The van der Waals surface area contributed by atoms with Crippen LogP contribution >= 0.6 is 27.3 Å². The Labute approximate surface area is 130 Å². The number of anilines is 1. The van der Waals surface area contributed by atoms with Crippen molar-refractivity contribution >= 4 is 48.9 Å². The van der Waals surface area contributed by atoms with E-state index in [1.807, 2.05) is 25.1 Å². The third kappa shape index (κ3) is 2.82.